The predicted octanol–water partition coefficient (Wildman–Crippen LogP) is 3.72. The highest BCUT2D eigenvalue weighted by Gasteiger charge is 2.17. The van der Waals surface area contributed by atoms with Crippen LogP contribution < -0.4 is 15.4 Å². The highest BCUT2D eigenvalue weighted by atomic mass is 35.5. The molecular weight excluding hydrogens is 356 g/mol. The van der Waals surface area contributed by atoms with Crippen molar-refractivity contribution in [2.75, 3.05) is 23.4 Å². The first kappa shape index (κ1) is 19.6. The number of rotatable bonds is 6. The molecule has 0 radical (unpaired) electrons. The van der Waals surface area contributed by atoms with E-state index in [0.717, 1.165) is 35.1 Å². The molecule has 2 aromatic rings. The van der Waals surface area contributed by atoms with Crippen molar-refractivity contribution in [3.8, 4) is 5.75 Å². The number of anilines is 1. The number of hydrogen-bond acceptors (Lipinski definition) is 4. The van der Waals surface area contributed by atoms with E-state index in [9.17, 15) is 4.79 Å². The summed E-state index contributed by atoms with van der Waals surface area (Å²) >= 11 is 1.90. The Hall–Kier alpha value is -1.69. The largest absolute Gasteiger partial charge is 0.489 e. The normalized spacial score (nSPS) is 16.6. The van der Waals surface area contributed by atoms with E-state index in [4.69, 9.17) is 4.74 Å². The van der Waals surface area contributed by atoms with Crippen LogP contribution in [0.15, 0.2) is 54.6 Å². The van der Waals surface area contributed by atoms with Gasteiger partial charge in [-0.25, -0.2) is 0 Å². The van der Waals surface area contributed by atoms with E-state index in [1.54, 1.807) is 0 Å². The standard InChI is InChI=1S/C19H22N2O2S.ClH/c22-19(12-16-14-24-11-10-20-16)21-18-9-5-4-6-15(18)13-23-17-7-2-1-3-8-17;/h1-9,16,20H,10-14H2,(H,21,22);1H. The summed E-state index contributed by atoms with van der Waals surface area (Å²) in [4.78, 5) is 12.3. The molecule has 2 aromatic carbocycles. The number of thioether (sulfide) groups is 1. The van der Waals surface area contributed by atoms with Crippen LogP contribution in [-0.2, 0) is 11.4 Å². The molecule has 0 saturated carbocycles. The SMILES string of the molecule is Cl.O=C(CC1CSCCN1)Nc1ccccc1COc1ccccc1. The number of para-hydroxylation sites is 2. The zero-order chi connectivity index (χ0) is 16.6. The minimum Gasteiger partial charge on any atom is -0.489 e. The van der Waals surface area contributed by atoms with E-state index < -0.39 is 0 Å². The molecule has 1 aliphatic rings. The molecule has 1 unspecified atom stereocenters. The summed E-state index contributed by atoms with van der Waals surface area (Å²) in [6, 6.07) is 17.7. The van der Waals surface area contributed by atoms with Crippen LogP contribution in [0.2, 0.25) is 0 Å². The van der Waals surface area contributed by atoms with Crippen LogP contribution in [0.25, 0.3) is 0 Å². The average Bonchev–Trinajstić information content (AvgIpc) is 2.63. The van der Waals surface area contributed by atoms with Crippen LogP contribution in [0.4, 0.5) is 5.69 Å². The first-order chi connectivity index (χ1) is 11.8. The molecule has 0 aromatic heterocycles. The maximum Gasteiger partial charge on any atom is 0.225 e. The topological polar surface area (TPSA) is 50.4 Å². The quantitative estimate of drug-likeness (QED) is 0.804. The lowest BCUT2D eigenvalue weighted by Crippen LogP contribution is -2.40. The summed E-state index contributed by atoms with van der Waals surface area (Å²) in [6.45, 7) is 1.40. The molecule has 2 N–H and O–H groups in total. The van der Waals surface area contributed by atoms with Crippen molar-refractivity contribution in [1.29, 1.82) is 0 Å². The van der Waals surface area contributed by atoms with Gasteiger partial charge in [-0.2, -0.15) is 11.8 Å². The molecule has 1 amide bonds. The van der Waals surface area contributed by atoms with Gasteiger partial charge in [0.15, 0.2) is 0 Å². The number of amides is 1. The fraction of sp³-hybridized carbons (Fsp3) is 0.316. The number of nitrogens with one attached hydrogen (secondary N) is 2. The first-order valence-electron chi connectivity index (χ1n) is 8.18. The van der Waals surface area contributed by atoms with E-state index in [0.29, 0.717) is 13.0 Å². The zero-order valence-electron chi connectivity index (χ0n) is 13.9. The Morgan fingerprint density at radius 2 is 1.92 bits per heavy atom. The van der Waals surface area contributed by atoms with Gasteiger partial charge >= 0.3 is 0 Å². The van der Waals surface area contributed by atoms with Gasteiger partial charge in [0, 0.05) is 41.8 Å². The van der Waals surface area contributed by atoms with Crippen molar-refractivity contribution in [2.45, 2.75) is 19.1 Å². The van der Waals surface area contributed by atoms with Gasteiger partial charge in [0.05, 0.1) is 0 Å². The lowest BCUT2D eigenvalue weighted by molar-refractivity contribution is -0.116. The highest BCUT2D eigenvalue weighted by molar-refractivity contribution is 7.99. The van der Waals surface area contributed by atoms with Crippen molar-refractivity contribution in [1.82, 2.24) is 5.32 Å². The van der Waals surface area contributed by atoms with E-state index in [2.05, 4.69) is 10.6 Å². The number of benzene rings is 2. The van der Waals surface area contributed by atoms with Gasteiger partial charge in [0.2, 0.25) is 5.91 Å². The summed E-state index contributed by atoms with van der Waals surface area (Å²) in [6.07, 6.45) is 0.501. The molecule has 3 rings (SSSR count). The minimum atomic E-state index is 0. The Kier molecular flexibility index (Phi) is 8.12. The van der Waals surface area contributed by atoms with Gasteiger partial charge < -0.3 is 15.4 Å². The smallest absolute Gasteiger partial charge is 0.225 e. The molecule has 1 fully saturated rings. The maximum atomic E-state index is 12.3. The molecule has 6 heteroatoms. The van der Waals surface area contributed by atoms with Gasteiger partial charge in [-0.1, -0.05) is 36.4 Å². The van der Waals surface area contributed by atoms with Gasteiger partial charge in [0.25, 0.3) is 0 Å². The fourth-order valence-electron chi connectivity index (χ4n) is 2.62. The molecule has 1 saturated heterocycles. The predicted molar refractivity (Wildman–Crippen MR) is 107 cm³/mol. The van der Waals surface area contributed by atoms with Crippen molar-refractivity contribution in [3.05, 3.63) is 60.2 Å². The van der Waals surface area contributed by atoms with Gasteiger partial charge in [-0.15, -0.1) is 12.4 Å². The lowest BCUT2D eigenvalue weighted by Gasteiger charge is -2.22. The number of hydrogen-bond donors (Lipinski definition) is 2. The van der Waals surface area contributed by atoms with Gasteiger partial charge in [0.1, 0.15) is 12.4 Å². The molecule has 0 bridgehead atoms. The third-order valence-electron chi connectivity index (χ3n) is 3.86. The Morgan fingerprint density at radius 3 is 2.68 bits per heavy atom. The molecular formula is C19H23ClN2O2S. The molecule has 0 spiro atoms. The maximum absolute atomic E-state index is 12.3. The number of halogens is 1. The van der Waals surface area contributed by atoms with E-state index in [1.807, 2.05) is 66.4 Å². The third kappa shape index (κ3) is 6.27. The number of carbonyl (C=O) groups is 1. The van der Waals surface area contributed by atoms with Crippen LogP contribution in [0.3, 0.4) is 0 Å². The van der Waals surface area contributed by atoms with Crippen LogP contribution >= 0.6 is 24.2 Å². The number of carbonyl (C=O) groups excluding carboxylic acids is 1. The molecule has 4 nitrogen and oxygen atoms in total. The molecule has 134 valence electrons. The van der Waals surface area contributed by atoms with Crippen LogP contribution in [0, 0.1) is 0 Å². The van der Waals surface area contributed by atoms with E-state index in [1.165, 1.54) is 0 Å². The number of ether oxygens (including phenoxy) is 1. The summed E-state index contributed by atoms with van der Waals surface area (Å²) in [5.74, 6) is 2.98. The summed E-state index contributed by atoms with van der Waals surface area (Å²) in [7, 11) is 0. The van der Waals surface area contributed by atoms with Crippen molar-refractivity contribution in [2.24, 2.45) is 0 Å². The Bertz CT molecular complexity index is 663. The fourth-order valence-corrected chi connectivity index (χ4v) is 3.57. The van der Waals surface area contributed by atoms with Crippen LogP contribution in [-0.4, -0.2) is 30.0 Å². The monoisotopic (exact) mass is 378 g/mol. The van der Waals surface area contributed by atoms with Gasteiger partial charge in [-0.05, 0) is 18.2 Å². The second-order valence-electron chi connectivity index (χ2n) is 5.74. The third-order valence-corrected chi connectivity index (χ3v) is 4.99. The van der Waals surface area contributed by atoms with Crippen molar-refractivity contribution in [3.63, 3.8) is 0 Å². The molecule has 0 aliphatic carbocycles. The van der Waals surface area contributed by atoms with Crippen LogP contribution in [0.1, 0.15) is 12.0 Å². The molecule has 1 atom stereocenters. The average molecular weight is 379 g/mol. The van der Waals surface area contributed by atoms with Gasteiger partial charge in [-0.3, -0.25) is 4.79 Å². The molecule has 1 aliphatic heterocycles. The molecule has 1 heterocycles. The van der Waals surface area contributed by atoms with Crippen molar-refractivity contribution >= 4 is 35.8 Å². The first-order valence-corrected chi connectivity index (χ1v) is 9.33. The second-order valence-corrected chi connectivity index (χ2v) is 6.89. The Balaban J connectivity index is 0.00000225. The summed E-state index contributed by atoms with van der Waals surface area (Å²) < 4.78 is 5.80. The highest BCUT2D eigenvalue weighted by Crippen LogP contribution is 2.19. The lowest BCUT2D eigenvalue weighted by atomic mass is 10.1. The second kappa shape index (κ2) is 10.3. The van der Waals surface area contributed by atoms with Crippen molar-refractivity contribution < 1.29 is 9.53 Å². The van der Waals surface area contributed by atoms with E-state index >= 15 is 0 Å². The summed E-state index contributed by atoms with van der Waals surface area (Å²) in [5.41, 5.74) is 1.79. The Labute approximate surface area is 159 Å². The zero-order valence-corrected chi connectivity index (χ0v) is 15.6. The summed E-state index contributed by atoms with van der Waals surface area (Å²) in [5, 5.41) is 6.42. The van der Waals surface area contributed by atoms with Crippen LogP contribution in [0.5, 0.6) is 5.75 Å². The van der Waals surface area contributed by atoms with E-state index in [-0.39, 0.29) is 24.4 Å². The minimum absolute atomic E-state index is 0. The Morgan fingerprint density at radius 1 is 1.16 bits per heavy atom. The molecule has 25 heavy (non-hydrogen) atoms.